The molecule has 6 N–H and O–H groups in total. The molecule has 13 heteroatoms. The molecule has 1 saturated heterocycles. The van der Waals surface area contributed by atoms with Crippen molar-refractivity contribution >= 4 is 23.8 Å². The van der Waals surface area contributed by atoms with Gasteiger partial charge in [0.15, 0.2) is 6.29 Å². The molecule has 0 radical (unpaired) electrons. The molecule has 7 atom stereocenters. The maximum absolute atomic E-state index is 11.7. The second-order valence-electron chi connectivity index (χ2n) is 11.7. The zero-order valence-corrected chi connectivity index (χ0v) is 25.8. The van der Waals surface area contributed by atoms with Gasteiger partial charge in [-0.25, -0.2) is 0 Å². The number of amides is 1. The number of aliphatic hydroxyl groups is 3. The van der Waals surface area contributed by atoms with Crippen LogP contribution in [0, 0.1) is 5.92 Å². The van der Waals surface area contributed by atoms with Crippen LogP contribution in [0.4, 0.5) is 0 Å². The van der Waals surface area contributed by atoms with Gasteiger partial charge in [0.05, 0.1) is 18.9 Å². The molecule has 13 nitrogen and oxygen atoms in total. The van der Waals surface area contributed by atoms with Gasteiger partial charge in [-0.2, -0.15) is 0 Å². The van der Waals surface area contributed by atoms with Crippen molar-refractivity contribution in [2.24, 2.45) is 5.92 Å². The standard InChI is InChI=1S/C30H53NO12/c1-19(2)21(14-12-10-8-6-4-5-7-9-11-13-15-23(32)31-20(3)29(39)40)42-30-28(38)27(37)26(36)22(43-30)18-41-25(35)17-16-24(33)34/h19-22,26-28,30,36-38H,4-18H2,1-3H3,(H,31,32)(H,33,34)(H,39,40)/t20-,21-,22+,26+,27-,28+,30-/m0/s1. The van der Waals surface area contributed by atoms with Crippen molar-refractivity contribution in [3.63, 3.8) is 0 Å². The third-order valence-corrected chi connectivity index (χ3v) is 7.56. The highest BCUT2D eigenvalue weighted by Gasteiger charge is 2.45. The van der Waals surface area contributed by atoms with Crippen LogP contribution in [0.5, 0.6) is 0 Å². The summed E-state index contributed by atoms with van der Waals surface area (Å²) in [4.78, 5) is 44.8. The van der Waals surface area contributed by atoms with Crippen LogP contribution in [-0.4, -0.2) is 98.8 Å². The molecule has 0 aromatic rings. The van der Waals surface area contributed by atoms with Gasteiger partial charge in [0.25, 0.3) is 0 Å². The molecule has 1 heterocycles. The fourth-order valence-corrected chi connectivity index (χ4v) is 4.77. The molecule has 0 aliphatic carbocycles. The SMILES string of the molecule is CC(C)[C@H](CCCCCCCCCCCCC(=O)N[C@@H](C)C(=O)O)O[C@H]1O[C@H](COC(=O)CCC(=O)O)[C@@H](O)[C@H](O)[C@H]1O. The van der Waals surface area contributed by atoms with Gasteiger partial charge in [-0.1, -0.05) is 71.6 Å². The van der Waals surface area contributed by atoms with Crippen LogP contribution in [0.3, 0.4) is 0 Å². The Kier molecular flexibility index (Phi) is 19.3. The second-order valence-corrected chi connectivity index (χ2v) is 11.7. The number of carboxylic acid groups (broad SMARTS) is 2. The molecule has 0 saturated carbocycles. The van der Waals surface area contributed by atoms with E-state index in [1.807, 2.05) is 13.8 Å². The Balaban J connectivity index is 2.26. The summed E-state index contributed by atoms with van der Waals surface area (Å²) in [7, 11) is 0. The Labute approximate surface area is 254 Å². The van der Waals surface area contributed by atoms with Crippen LogP contribution in [-0.2, 0) is 33.4 Å². The minimum Gasteiger partial charge on any atom is -0.481 e. The van der Waals surface area contributed by atoms with Crippen LogP contribution in [0.25, 0.3) is 0 Å². The molecule has 1 fully saturated rings. The van der Waals surface area contributed by atoms with E-state index in [2.05, 4.69) is 5.32 Å². The Morgan fingerprint density at radius 1 is 0.744 bits per heavy atom. The normalized spacial score (nSPS) is 23.5. The van der Waals surface area contributed by atoms with Crippen molar-refractivity contribution in [1.82, 2.24) is 5.32 Å². The van der Waals surface area contributed by atoms with E-state index in [4.69, 9.17) is 24.4 Å². The van der Waals surface area contributed by atoms with Gasteiger partial charge >= 0.3 is 17.9 Å². The van der Waals surface area contributed by atoms with Crippen molar-refractivity contribution in [3.05, 3.63) is 0 Å². The number of ether oxygens (including phenoxy) is 3. The molecule has 0 spiro atoms. The fourth-order valence-electron chi connectivity index (χ4n) is 4.77. The van der Waals surface area contributed by atoms with E-state index in [1.54, 1.807) is 0 Å². The molecule has 250 valence electrons. The lowest BCUT2D eigenvalue weighted by molar-refractivity contribution is -0.315. The molecule has 43 heavy (non-hydrogen) atoms. The summed E-state index contributed by atoms with van der Waals surface area (Å²) < 4.78 is 16.7. The molecule has 0 aromatic carbocycles. The number of rotatable bonds is 23. The van der Waals surface area contributed by atoms with Gasteiger partial charge in [0, 0.05) is 6.42 Å². The Morgan fingerprint density at radius 3 is 1.84 bits per heavy atom. The highest BCUT2D eigenvalue weighted by atomic mass is 16.7. The van der Waals surface area contributed by atoms with Crippen LogP contribution in [0.2, 0.25) is 0 Å². The predicted molar refractivity (Wildman–Crippen MR) is 155 cm³/mol. The van der Waals surface area contributed by atoms with E-state index in [9.17, 15) is 34.5 Å². The average molecular weight is 620 g/mol. The number of unbranched alkanes of at least 4 members (excludes halogenated alkanes) is 9. The molecule has 1 rings (SSSR count). The van der Waals surface area contributed by atoms with Gasteiger partial charge in [-0.3, -0.25) is 19.2 Å². The highest BCUT2D eigenvalue weighted by Crippen LogP contribution is 2.27. The Hall–Kier alpha value is -2.32. The lowest BCUT2D eigenvalue weighted by Crippen LogP contribution is -2.60. The van der Waals surface area contributed by atoms with Crippen LogP contribution in [0.15, 0.2) is 0 Å². The Morgan fingerprint density at radius 2 is 1.30 bits per heavy atom. The molecule has 0 unspecified atom stereocenters. The zero-order valence-electron chi connectivity index (χ0n) is 25.8. The van der Waals surface area contributed by atoms with E-state index in [0.29, 0.717) is 6.42 Å². The number of nitrogens with one attached hydrogen (secondary N) is 1. The maximum atomic E-state index is 11.7. The van der Waals surface area contributed by atoms with Gasteiger partial charge in [-0.05, 0) is 25.7 Å². The van der Waals surface area contributed by atoms with Crippen LogP contribution < -0.4 is 5.32 Å². The van der Waals surface area contributed by atoms with Crippen molar-refractivity contribution in [3.8, 4) is 0 Å². The van der Waals surface area contributed by atoms with E-state index in [1.165, 1.54) is 6.92 Å². The number of aliphatic hydroxyl groups excluding tert-OH is 3. The molecule has 0 bridgehead atoms. The van der Waals surface area contributed by atoms with Crippen LogP contribution in [0.1, 0.15) is 111 Å². The van der Waals surface area contributed by atoms with E-state index < -0.39 is 67.7 Å². The molecular formula is C30H53NO12. The molecule has 1 amide bonds. The minimum atomic E-state index is -1.57. The number of carbonyl (C=O) groups is 4. The number of carbonyl (C=O) groups excluding carboxylic acids is 2. The number of aliphatic carboxylic acids is 2. The van der Waals surface area contributed by atoms with Gasteiger partial charge in [0.2, 0.25) is 5.91 Å². The second kappa shape index (κ2) is 21.4. The Bertz CT molecular complexity index is 838. The fraction of sp³-hybridized carbons (Fsp3) is 0.867. The summed E-state index contributed by atoms with van der Waals surface area (Å²) in [5, 5.41) is 51.0. The van der Waals surface area contributed by atoms with Gasteiger partial charge in [-0.15, -0.1) is 0 Å². The molecule has 1 aliphatic rings. The van der Waals surface area contributed by atoms with Gasteiger partial charge in [0.1, 0.15) is 37.1 Å². The quantitative estimate of drug-likeness (QED) is 0.0720. The first kappa shape index (κ1) is 38.7. The van der Waals surface area contributed by atoms with Crippen molar-refractivity contribution in [2.45, 2.75) is 154 Å². The maximum Gasteiger partial charge on any atom is 0.325 e. The van der Waals surface area contributed by atoms with E-state index in [0.717, 1.165) is 70.6 Å². The monoisotopic (exact) mass is 619 g/mol. The van der Waals surface area contributed by atoms with Gasteiger partial charge < -0.3 is 45.1 Å². The smallest absolute Gasteiger partial charge is 0.325 e. The lowest BCUT2D eigenvalue weighted by atomic mass is 9.97. The predicted octanol–water partition coefficient (Wildman–Crippen LogP) is 2.51. The summed E-state index contributed by atoms with van der Waals surface area (Å²) in [5.41, 5.74) is 0. The van der Waals surface area contributed by atoms with Crippen molar-refractivity contribution in [1.29, 1.82) is 0 Å². The number of esters is 1. The van der Waals surface area contributed by atoms with Crippen molar-refractivity contribution in [2.75, 3.05) is 6.61 Å². The summed E-state index contributed by atoms with van der Waals surface area (Å²) in [6, 6.07) is -0.864. The zero-order chi connectivity index (χ0) is 32.4. The first-order valence-corrected chi connectivity index (χ1v) is 15.6. The number of hydrogen-bond donors (Lipinski definition) is 6. The summed E-state index contributed by atoms with van der Waals surface area (Å²) in [6.07, 6.45) is 3.34. The molecular weight excluding hydrogens is 566 g/mol. The number of carboxylic acids is 2. The minimum absolute atomic E-state index is 0.0961. The molecule has 1 aliphatic heterocycles. The molecule has 0 aromatic heterocycles. The lowest BCUT2D eigenvalue weighted by Gasteiger charge is -2.41. The van der Waals surface area contributed by atoms with E-state index in [-0.39, 0.29) is 24.3 Å². The third kappa shape index (κ3) is 16.4. The summed E-state index contributed by atoms with van der Waals surface area (Å²) >= 11 is 0. The van der Waals surface area contributed by atoms with E-state index >= 15 is 0 Å². The number of hydrogen-bond acceptors (Lipinski definition) is 10. The van der Waals surface area contributed by atoms with Crippen molar-refractivity contribution < 1.29 is 58.9 Å². The topological polar surface area (TPSA) is 209 Å². The first-order valence-electron chi connectivity index (χ1n) is 15.6. The van der Waals surface area contributed by atoms with Crippen LogP contribution >= 0.6 is 0 Å². The first-order chi connectivity index (χ1) is 20.3. The highest BCUT2D eigenvalue weighted by molar-refractivity contribution is 5.83. The largest absolute Gasteiger partial charge is 0.481 e. The summed E-state index contributed by atoms with van der Waals surface area (Å²) in [6.45, 7) is 5.00. The summed E-state index contributed by atoms with van der Waals surface area (Å²) in [5.74, 6) is -3.08. The average Bonchev–Trinajstić information content (AvgIpc) is 2.94. The third-order valence-electron chi connectivity index (χ3n) is 7.56.